The summed E-state index contributed by atoms with van der Waals surface area (Å²) in [5, 5.41) is 0. The van der Waals surface area contributed by atoms with E-state index >= 15 is 0 Å². The predicted molar refractivity (Wildman–Crippen MR) is 65.8 cm³/mol. The van der Waals surface area contributed by atoms with Gasteiger partial charge < -0.3 is 4.74 Å². The molecule has 0 aliphatic heterocycles. The van der Waals surface area contributed by atoms with Gasteiger partial charge in [0.1, 0.15) is 5.75 Å². The van der Waals surface area contributed by atoms with Crippen LogP contribution in [0.4, 0.5) is 0 Å². The molecule has 2 aliphatic rings. The van der Waals surface area contributed by atoms with E-state index in [4.69, 9.17) is 4.74 Å². The molecule has 0 aromatic heterocycles. The monoisotopic (exact) mass is 216 g/mol. The van der Waals surface area contributed by atoms with Crippen LogP contribution in [0.25, 0.3) is 0 Å². The lowest BCUT2D eigenvalue weighted by Gasteiger charge is -2.34. The van der Waals surface area contributed by atoms with Crippen molar-refractivity contribution in [2.75, 3.05) is 7.11 Å². The molecule has 86 valence electrons. The normalized spacial score (nSPS) is 36.6. The molecule has 0 heterocycles. The first-order valence-corrected chi connectivity index (χ1v) is 6.37. The standard InChI is InChI=1S/C15H20O/c1-15(10-11-3-4-13(15)9-11)12-5-7-14(16-2)8-6-12/h5-8,11,13H,3-4,9-10H2,1-2H3. The van der Waals surface area contributed by atoms with E-state index in [-0.39, 0.29) is 0 Å². The van der Waals surface area contributed by atoms with Crippen molar-refractivity contribution in [2.45, 2.75) is 38.0 Å². The summed E-state index contributed by atoms with van der Waals surface area (Å²) in [6, 6.07) is 8.73. The summed E-state index contributed by atoms with van der Waals surface area (Å²) >= 11 is 0. The van der Waals surface area contributed by atoms with E-state index < -0.39 is 0 Å². The third kappa shape index (κ3) is 1.37. The molecule has 0 amide bonds. The third-order valence-electron chi connectivity index (χ3n) is 4.90. The van der Waals surface area contributed by atoms with Crippen molar-refractivity contribution < 1.29 is 4.74 Å². The summed E-state index contributed by atoms with van der Waals surface area (Å²) in [7, 11) is 1.73. The quantitative estimate of drug-likeness (QED) is 0.731. The Morgan fingerprint density at radius 1 is 1.19 bits per heavy atom. The van der Waals surface area contributed by atoms with Crippen LogP contribution in [0.2, 0.25) is 0 Å². The fraction of sp³-hybridized carbons (Fsp3) is 0.600. The predicted octanol–water partition coefficient (Wildman–Crippen LogP) is 3.77. The van der Waals surface area contributed by atoms with Gasteiger partial charge in [-0.3, -0.25) is 0 Å². The minimum atomic E-state index is 0.440. The van der Waals surface area contributed by atoms with Gasteiger partial charge in [-0.25, -0.2) is 0 Å². The highest BCUT2D eigenvalue weighted by molar-refractivity contribution is 5.34. The van der Waals surface area contributed by atoms with E-state index in [9.17, 15) is 0 Å². The summed E-state index contributed by atoms with van der Waals surface area (Å²) in [5.41, 5.74) is 1.95. The minimum absolute atomic E-state index is 0.440. The number of fused-ring (bicyclic) bond motifs is 2. The van der Waals surface area contributed by atoms with Crippen molar-refractivity contribution in [3.05, 3.63) is 29.8 Å². The first kappa shape index (κ1) is 10.2. The average molecular weight is 216 g/mol. The summed E-state index contributed by atoms with van der Waals surface area (Å²) in [5.74, 6) is 2.89. The zero-order valence-corrected chi connectivity index (χ0v) is 10.2. The number of methoxy groups -OCH3 is 1. The van der Waals surface area contributed by atoms with Crippen molar-refractivity contribution in [1.29, 1.82) is 0 Å². The summed E-state index contributed by atoms with van der Waals surface area (Å²) in [6.07, 6.45) is 5.76. The highest BCUT2D eigenvalue weighted by atomic mass is 16.5. The lowest BCUT2D eigenvalue weighted by molar-refractivity contribution is 0.293. The number of rotatable bonds is 2. The number of hydrogen-bond acceptors (Lipinski definition) is 1. The molecule has 3 atom stereocenters. The van der Waals surface area contributed by atoms with Crippen LogP contribution in [-0.4, -0.2) is 7.11 Å². The molecule has 3 unspecified atom stereocenters. The second kappa shape index (κ2) is 3.51. The Hall–Kier alpha value is -0.980. The Balaban J connectivity index is 1.91. The van der Waals surface area contributed by atoms with Crippen LogP contribution in [0.5, 0.6) is 5.75 Å². The van der Waals surface area contributed by atoms with Crippen molar-refractivity contribution in [3.8, 4) is 5.75 Å². The molecule has 2 aliphatic carbocycles. The van der Waals surface area contributed by atoms with Gasteiger partial charge in [0.05, 0.1) is 7.11 Å². The molecule has 0 spiro atoms. The molecule has 0 radical (unpaired) electrons. The van der Waals surface area contributed by atoms with Gasteiger partial charge in [0.2, 0.25) is 0 Å². The number of hydrogen-bond donors (Lipinski definition) is 0. The van der Waals surface area contributed by atoms with Crippen LogP contribution >= 0.6 is 0 Å². The van der Waals surface area contributed by atoms with Crippen LogP contribution in [0, 0.1) is 11.8 Å². The van der Waals surface area contributed by atoms with Gasteiger partial charge in [0, 0.05) is 0 Å². The molecule has 1 aromatic carbocycles. The van der Waals surface area contributed by atoms with Crippen LogP contribution in [0.15, 0.2) is 24.3 Å². The molecule has 2 fully saturated rings. The van der Waals surface area contributed by atoms with E-state index in [0.717, 1.165) is 17.6 Å². The van der Waals surface area contributed by atoms with Crippen molar-refractivity contribution in [1.82, 2.24) is 0 Å². The fourth-order valence-corrected chi connectivity index (χ4v) is 3.93. The van der Waals surface area contributed by atoms with Gasteiger partial charge in [-0.15, -0.1) is 0 Å². The second-order valence-corrected chi connectivity index (χ2v) is 5.73. The molecule has 2 saturated carbocycles. The third-order valence-corrected chi connectivity index (χ3v) is 4.90. The molecular formula is C15H20O. The van der Waals surface area contributed by atoms with E-state index in [2.05, 4.69) is 31.2 Å². The lowest BCUT2D eigenvalue weighted by Crippen LogP contribution is -2.28. The molecule has 1 aromatic rings. The van der Waals surface area contributed by atoms with Gasteiger partial charge in [-0.05, 0) is 54.2 Å². The van der Waals surface area contributed by atoms with Crippen molar-refractivity contribution in [3.63, 3.8) is 0 Å². The molecule has 0 saturated heterocycles. The summed E-state index contributed by atoms with van der Waals surface area (Å²) in [6.45, 7) is 2.46. The molecule has 3 rings (SSSR count). The molecule has 2 bridgehead atoms. The lowest BCUT2D eigenvalue weighted by atomic mass is 9.70. The van der Waals surface area contributed by atoms with Gasteiger partial charge >= 0.3 is 0 Å². The van der Waals surface area contributed by atoms with Crippen LogP contribution < -0.4 is 4.74 Å². The first-order chi connectivity index (χ1) is 7.72. The maximum atomic E-state index is 5.23. The van der Waals surface area contributed by atoms with Gasteiger partial charge in [0.25, 0.3) is 0 Å². The van der Waals surface area contributed by atoms with Crippen LogP contribution in [0.3, 0.4) is 0 Å². The molecule has 1 heteroatoms. The SMILES string of the molecule is COc1ccc(C2(C)CC3CCC2C3)cc1. The smallest absolute Gasteiger partial charge is 0.118 e. The average Bonchev–Trinajstić information content (AvgIpc) is 2.89. The molecular weight excluding hydrogens is 196 g/mol. The zero-order chi connectivity index (χ0) is 11.2. The Morgan fingerprint density at radius 3 is 2.44 bits per heavy atom. The van der Waals surface area contributed by atoms with Gasteiger partial charge in [-0.1, -0.05) is 25.5 Å². The Morgan fingerprint density at radius 2 is 1.94 bits per heavy atom. The number of ether oxygens (including phenoxy) is 1. The fourth-order valence-electron chi connectivity index (χ4n) is 3.93. The van der Waals surface area contributed by atoms with Crippen molar-refractivity contribution >= 4 is 0 Å². The maximum absolute atomic E-state index is 5.23. The molecule has 0 N–H and O–H groups in total. The van der Waals surface area contributed by atoms with Crippen LogP contribution in [0.1, 0.15) is 38.2 Å². The Kier molecular flexibility index (Phi) is 2.24. The minimum Gasteiger partial charge on any atom is -0.497 e. The second-order valence-electron chi connectivity index (χ2n) is 5.73. The maximum Gasteiger partial charge on any atom is 0.118 e. The molecule has 16 heavy (non-hydrogen) atoms. The Labute approximate surface area is 97.8 Å². The van der Waals surface area contributed by atoms with Gasteiger partial charge in [0.15, 0.2) is 0 Å². The molecule has 1 nitrogen and oxygen atoms in total. The topological polar surface area (TPSA) is 9.23 Å². The summed E-state index contributed by atoms with van der Waals surface area (Å²) in [4.78, 5) is 0. The Bertz CT molecular complexity index is 381. The summed E-state index contributed by atoms with van der Waals surface area (Å²) < 4.78 is 5.23. The van der Waals surface area contributed by atoms with E-state index in [1.54, 1.807) is 7.11 Å². The van der Waals surface area contributed by atoms with Gasteiger partial charge in [-0.2, -0.15) is 0 Å². The highest BCUT2D eigenvalue weighted by Crippen LogP contribution is 2.56. The largest absolute Gasteiger partial charge is 0.497 e. The zero-order valence-electron chi connectivity index (χ0n) is 10.2. The van der Waals surface area contributed by atoms with Crippen molar-refractivity contribution in [2.24, 2.45) is 11.8 Å². The number of benzene rings is 1. The first-order valence-electron chi connectivity index (χ1n) is 6.37. The van der Waals surface area contributed by atoms with Crippen LogP contribution in [-0.2, 0) is 5.41 Å². The highest BCUT2D eigenvalue weighted by Gasteiger charge is 2.48. The van der Waals surface area contributed by atoms with E-state index in [1.165, 1.54) is 31.2 Å². The van der Waals surface area contributed by atoms with E-state index in [0.29, 0.717) is 5.41 Å². The van der Waals surface area contributed by atoms with E-state index in [1.807, 2.05) is 0 Å².